The zero-order chi connectivity index (χ0) is 12.9. The number of ether oxygens (including phenoxy) is 1. The third-order valence-corrected chi connectivity index (χ3v) is 2.91. The molecule has 1 aromatic rings. The minimum atomic E-state index is 0.174. The smallest absolute Gasteiger partial charge is 0.141 e. The third-order valence-electron chi connectivity index (χ3n) is 2.91. The van der Waals surface area contributed by atoms with Crippen LogP contribution in [0.25, 0.3) is 0 Å². The first-order valence-corrected chi connectivity index (χ1v) is 6.41. The SMILES string of the molecule is CCCCNc1cc(C(C)(C)C)ccc1OC. The second-order valence-corrected chi connectivity index (χ2v) is 5.45. The van der Waals surface area contributed by atoms with Crippen LogP contribution in [0.15, 0.2) is 18.2 Å². The number of anilines is 1. The Bertz CT molecular complexity index is 352. The lowest BCUT2D eigenvalue weighted by Gasteiger charge is -2.21. The van der Waals surface area contributed by atoms with Crippen LogP contribution in [0.4, 0.5) is 5.69 Å². The molecule has 1 aromatic carbocycles. The van der Waals surface area contributed by atoms with Crippen molar-refractivity contribution in [3.63, 3.8) is 0 Å². The molecule has 0 fully saturated rings. The van der Waals surface area contributed by atoms with Crippen LogP contribution in [0.5, 0.6) is 5.75 Å². The van der Waals surface area contributed by atoms with Gasteiger partial charge in [-0.3, -0.25) is 0 Å². The number of nitrogens with one attached hydrogen (secondary N) is 1. The molecule has 0 heterocycles. The summed E-state index contributed by atoms with van der Waals surface area (Å²) in [7, 11) is 1.72. The normalized spacial score (nSPS) is 11.4. The lowest BCUT2D eigenvalue weighted by Crippen LogP contribution is -2.12. The van der Waals surface area contributed by atoms with Crippen LogP contribution in [0.2, 0.25) is 0 Å². The molecule has 0 aliphatic heterocycles. The van der Waals surface area contributed by atoms with Gasteiger partial charge in [-0.25, -0.2) is 0 Å². The van der Waals surface area contributed by atoms with Gasteiger partial charge in [0.2, 0.25) is 0 Å². The molecular weight excluding hydrogens is 210 g/mol. The Kier molecular flexibility index (Phi) is 4.86. The summed E-state index contributed by atoms with van der Waals surface area (Å²) >= 11 is 0. The van der Waals surface area contributed by atoms with Crippen molar-refractivity contribution in [1.29, 1.82) is 0 Å². The van der Waals surface area contributed by atoms with E-state index in [1.165, 1.54) is 18.4 Å². The number of methoxy groups -OCH3 is 1. The molecule has 0 bridgehead atoms. The molecule has 2 heteroatoms. The fourth-order valence-electron chi connectivity index (χ4n) is 1.71. The van der Waals surface area contributed by atoms with Crippen molar-refractivity contribution in [3.05, 3.63) is 23.8 Å². The fourth-order valence-corrected chi connectivity index (χ4v) is 1.71. The number of rotatable bonds is 5. The van der Waals surface area contributed by atoms with E-state index in [2.05, 4.69) is 51.2 Å². The molecule has 2 nitrogen and oxygen atoms in total. The molecule has 0 spiro atoms. The summed E-state index contributed by atoms with van der Waals surface area (Å²) in [4.78, 5) is 0. The van der Waals surface area contributed by atoms with Crippen molar-refractivity contribution in [2.45, 2.75) is 46.0 Å². The maximum absolute atomic E-state index is 5.38. The van der Waals surface area contributed by atoms with Crippen molar-refractivity contribution in [3.8, 4) is 5.75 Å². The zero-order valence-electron chi connectivity index (χ0n) is 11.8. The average Bonchev–Trinajstić information content (AvgIpc) is 2.28. The zero-order valence-corrected chi connectivity index (χ0v) is 11.8. The van der Waals surface area contributed by atoms with E-state index in [9.17, 15) is 0 Å². The van der Waals surface area contributed by atoms with Crippen LogP contribution in [-0.2, 0) is 5.41 Å². The van der Waals surface area contributed by atoms with Gasteiger partial charge in [0.05, 0.1) is 12.8 Å². The minimum Gasteiger partial charge on any atom is -0.495 e. The van der Waals surface area contributed by atoms with Crippen molar-refractivity contribution < 1.29 is 4.74 Å². The highest BCUT2D eigenvalue weighted by molar-refractivity contribution is 5.59. The van der Waals surface area contributed by atoms with Crippen molar-refractivity contribution in [2.75, 3.05) is 19.0 Å². The van der Waals surface area contributed by atoms with E-state index in [1.54, 1.807) is 7.11 Å². The molecule has 1 rings (SSSR count). The Morgan fingerprint density at radius 1 is 1.24 bits per heavy atom. The van der Waals surface area contributed by atoms with Crippen molar-refractivity contribution in [2.24, 2.45) is 0 Å². The molecule has 96 valence electrons. The molecule has 0 aromatic heterocycles. The fraction of sp³-hybridized carbons (Fsp3) is 0.600. The van der Waals surface area contributed by atoms with E-state index in [-0.39, 0.29) is 5.41 Å². The van der Waals surface area contributed by atoms with E-state index >= 15 is 0 Å². The Balaban J connectivity index is 2.90. The van der Waals surface area contributed by atoms with Crippen LogP contribution in [0.3, 0.4) is 0 Å². The number of hydrogen-bond donors (Lipinski definition) is 1. The van der Waals surface area contributed by atoms with Gasteiger partial charge < -0.3 is 10.1 Å². The van der Waals surface area contributed by atoms with Crippen LogP contribution in [0.1, 0.15) is 46.1 Å². The van der Waals surface area contributed by atoms with E-state index in [1.807, 2.05) is 0 Å². The number of unbranched alkanes of at least 4 members (excludes halogenated alkanes) is 1. The van der Waals surface area contributed by atoms with Gasteiger partial charge in [0.25, 0.3) is 0 Å². The predicted molar refractivity (Wildman–Crippen MR) is 75.1 cm³/mol. The summed E-state index contributed by atoms with van der Waals surface area (Å²) in [5, 5.41) is 3.45. The molecule has 0 aliphatic carbocycles. The Labute approximate surface area is 105 Å². The highest BCUT2D eigenvalue weighted by Crippen LogP contribution is 2.31. The second kappa shape index (κ2) is 5.95. The van der Waals surface area contributed by atoms with Crippen LogP contribution < -0.4 is 10.1 Å². The monoisotopic (exact) mass is 235 g/mol. The standard InChI is InChI=1S/C15H25NO/c1-6-7-10-16-13-11-12(15(2,3)4)8-9-14(13)17-5/h8-9,11,16H,6-7,10H2,1-5H3. The summed E-state index contributed by atoms with van der Waals surface area (Å²) < 4.78 is 5.38. The van der Waals surface area contributed by atoms with Gasteiger partial charge in [0, 0.05) is 6.54 Å². The molecule has 0 saturated heterocycles. The predicted octanol–water partition coefficient (Wildman–Crippen LogP) is 4.20. The van der Waals surface area contributed by atoms with E-state index in [4.69, 9.17) is 4.74 Å². The molecule has 0 unspecified atom stereocenters. The molecule has 0 saturated carbocycles. The summed E-state index contributed by atoms with van der Waals surface area (Å²) in [6.45, 7) is 9.88. The molecule has 1 N–H and O–H groups in total. The van der Waals surface area contributed by atoms with Gasteiger partial charge in [0.15, 0.2) is 0 Å². The largest absolute Gasteiger partial charge is 0.495 e. The topological polar surface area (TPSA) is 21.3 Å². The van der Waals surface area contributed by atoms with Gasteiger partial charge in [-0.2, -0.15) is 0 Å². The van der Waals surface area contributed by atoms with E-state index < -0.39 is 0 Å². The Hall–Kier alpha value is -1.18. The molecule has 0 aliphatic rings. The molecular formula is C15H25NO. The summed E-state index contributed by atoms with van der Waals surface area (Å²) in [6, 6.07) is 6.40. The maximum Gasteiger partial charge on any atom is 0.141 e. The number of hydrogen-bond acceptors (Lipinski definition) is 2. The molecule has 0 radical (unpaired) electrons. The van der Waals surface area contributed by atoms with E-state index in [0.717, 1.165) is 18.0 Å². The lowest BCUT2D eigenvalue weighted by atomic mass is 9.87. The van der Waals surface area contributed by atoms with Gasteiger partial charge in [0.1, 0.15) is 5.75 Å². The average molecular weight is 235 g/mol. The second-order valence-electron chi connectivity index (χ2n) is 5.45. The highest BCUT2D eigenvalue weighted by Gasteiger charge is 2.15. The van der Waals surface area contributed by atoms with E-state index in [0.29, 0.717) is 0 Å². The summed E-state index contributed by atoms with van der Waals surface area (Å²) in [5.74, 6) is 0.925. The highest BCUT2D eigenvalue weighted by atomic mass is 16.5. The summed E-state index contributed by atoms with van der Waals surface area (Å²) in [5.41, 5.74) is 2.61. The Morgan fingerprint density at radius 3 is 2.47 bits per heavy atom. The molecule has 17 heavy (non-hydrogen) atoms. The Morgan fingerprint density at radius 2 is 1.94 bits per heavy atom. The minimum absolute atomic E-state index is 0.174. The molecule has 0 amide bonds. The van der Waals surface area contributed by atoms with Crippen molar-refractivity contribution in [1.82, 2.24) is 0 Å². The van der Waals surface area contributed by atoms with Gasteiger partial charge >= 0.3 is 0 Å². The third kappa shape index (κ3) is 3.95. The number of benzene rings is 1. The van der Waals surface area contributed by atoms with Crippen LogP contribution in [-0.4, -0.2) is 13.7 Å². The first-order valence-electron chi connectivity index (χ1n) is 6.41. The van der Waals surface area contributed by atoms with Gasteiger partial charge in [-0.1, -0.05) is 40.2 Å². The van der Waals surface area contributed by atoms with Crippen molar-refractivity contribution >= 4 is 5.69 Å². The lowest BCUT2D eigenvalue weighted by molar-refractivity contribution is 0.416. The first kappa shape index (κ1) is 13.9. The van der Waals surface area contributed by atoms with Gasteiger partial charge in [-0.05, 0) is 29.5 Å². The maximum atomic E-state index is 5.38. The van der Waals surface area contributed by atoms with Crippen LogP contribution in [0, 0.1) is 0 Å². The quantitative estimate of drug-likeness (QED) is 0.772. The van der Waals surface area contributed by atoms with Gasteiger partial charge in [-0.15, -0.1) is 0 Å². The summed E-state index contributed by atoms with van der Waals surface area (Å²) in [6.07, 6.45) is 2.39. The van der Waals surface area contributed by atoms with Crippen LogP contribution >= 0.6 is 0 Å². The molecule has 0 atom stereocenters. The first-order chi connectivity index (χ1) is 7.99.